The molecule has 0 atom stereocenters. The minimum atomic E-state index is 0.0705. The lowest BCUT2D eigenvalue weighted by molar-refractivity contribution is 0.393. The van der Waals surface area contributed by atoms with E-state index in [0.29, 0.717) is 5.75 Å². The Morgan fingerprint density at radius 1 is 0.889 bits per heavy atom. The van der Waals surface area contributed by atoms with E-state index >= 15 is 0 Å². The van der Waals surface area contributed by atoms with E-state index in [-0.39, 0.29) is 11.8 Å². The molecule has 1 heterocycles. The number of phenols is 1. The molecule has 2 aromatic carbocycles. The lowest BCUT2D eigenvalue weighted by Gasteiger charge is -2.07. The standard InChI is InChI=1S/C14H10N2O2/c17-12-8-10-4-1-2-5-11(10)9-13(12)18-14-15-6-3-7-16-14/h1-9,17H. The fourth-order valence-electron chi connectivity index (χ4n) is 1.73. The lowest BCUT2D eigenvalue weighted by atomic mass is 10.1. The van der Waals surface area contributed by atoms with Crippen molar-refractivity contribution in [3.8, 4) is 17.5 Å². The summed E-state index contributed by atoms with van der Waals surface area (Å²) < 4.78 is 5.45. The maximum absolute atomic E-state index is 9.89. The SMILES string of the molecule is Oc1cc2ccccc2cc1Oc1ncccn1. The summed E-state index contributed by atoms with van der Waals surface area (Å²) >= 11 is 0. The molecule has 0 fully saturated rings. The molecule has 18 heavy (non-hydrogen) atoms. The second-order valence-electron chi connectivity index (χ2n) is 3.80. The average molecular weight is 238 g/mol. The van der Waals surface area contributed by atoms with Gasteiger partial charge in [0, 0.05) is 12.4 Å². The van der Waals surface area contributed by atoms with Crippen LogP contribution < -0.4 is 4.74 Å². The fraction of sp³-hybridized carbons (Fsp3) is 0. The number of rotatable bonds is 2. The van der Waals surface area contributed by atoms with Crippen molar-refractivity contribution in [2.24, 2.45) is 0 Å². The second-order valence-corrected chi connectivity index (χ2v) is 3.80. The van der Waals surface area contributed by atoms with Crippen molar-refractivity contribution in [2.75, 3.05) is 0 Å². The van der Waals surface area contributed by atoms with Gasteiger partial charge in [-0.15, -0.1) is 0 Å². The van der Waals surface area contributed by atoms with E-state index in [4.69, 9.17) is 4.74 Å². The molecule has 1 N–H and O–H groups in total. The molecule has 3 rings (SSSR count). The van der Waals surface area contributed by atoms with Crippen LogP contribution in [0, 0.1) is 0 Å². The summed E-state index contributed by atoms with van der Waals surface area (Å²) in [5, 5.41) is 11.8. The van der Waals surface area contributed by atoms with E-state index in [1.54, 1.807) is 30.6 Å². The second kappa shape index (κ2) is 4.33. The Morgan fingerprint density at radius 3 is 2.28 bits per heavy atom. The van der Waals surface area contributed by atoms with E-state index in [0.717, 1.165) is 10.8 Å². The number of fused-ring (bicyclic) bond motifs is 1. The van der Waals surface area contributed by atoms with Crippen molar-refractivity contribution in [1.29, 1.82) is 0 Å². The third-order valence-corrected chi connectivity index (χ3v) is 2.57. The van der Waals surface area contributed by atoms with Crippen LogP contribution in [0.2, 0.25) is 0 Å². The molecule has 0 unspecified atom stereocenters. The minimum Gasteiger partial charge on any atom is -0.504 e. The first-order valence-corrected chi connectivity index (χ1v) is 5.49. The molecule has 0 bridgehead atoms. The molecule has 88 valence electrons. The van der Waals surface area contributed by atoms with Gasteiger partial charge >= 0.3 is 6.01 Å². The van der Waals surface area contributed by atoms with Crippen LogP contribution in [-0.4, -0.2) is 15.1 Å². The molecule has 1 aromatic heterocycles. The number of aromatic nitrogens is 2. The zero-order valence-electron chi connectivity index (χ0n) is 9.45. The van der Waals surface area contributed by atoms with Crippen molar-refractivity contribution in [2.45, 2.75) is 0 Å². The summed E-state index contributed by atoms with van der Waals surface area (Å²) in [6.07, 6.45) is 3.17. The van der Waals surface area contributed by atoms with Gasteiger partial charge in [-0.3, -0.25) is 0 Å². The average Bonchev–Trinajstić information content (AvgIpc) is 2.41. The number of aromatic hydroxyl groups is 1. The number of hydrogen-bond acceptors (Lipinski definition) is 4. The molecule has 3 aromatic rings. The Balaban J connectivity index is 2.04. The molecule has 0 spiro atoms. The molecule has 4 nitrogen and oxygen atoms in total. The monoisotopic (exact) mass is 238 g/mol. The Hall–Kier alpha value is -2.62. The lowest BCUT2D eigenvalue weighted by Crippen LogP contribution is -1.90. The highest BCUT2D eigenvalue weighted by molar-refractivity contribution is 5.85. The molecular weight excluding hydrogens is 228 g/mol. The predicted molar refractivity (Wildman–Crippen MR) is 67.7 cm³/mol. The van der Waals surface area contributed by atoms with Gasteiger partial charge in [0.2, 0.25) is 0 Å². The van der Waals surface area contributed by atoms with Crippen LogP contribution >= 0.6 is 0 Å². The first kappa shape index (κ1) is 10.5. The highest BCUT2D eigenvalue weighted by atomic mass is 16.5. The third kappa shape index (κ3) is 1.96. The van der Waals surface area contributed by atoms with Crippen LogP contribution in [0.15, 0.2) is 54.9 Å². The quantitative estimate of drug-likeness (QED) is 0.745. The molecular formula is C14H10N2O2. The van der Waals surface area contributed by atoms with Crippen LogP contribution in [0.5, 0.6) is 17.5 Å². The van der Waals surface area contributed by atoms with Crippen LogP contribution in [0.1, 0.15) is 0 Å². The molecule has 0 saturated heterocycles. The summed E-state index contributed by atoms with van der Waals surface area (Å²) in [4.78, 5) is 7.90. The Kier molecular flexibility index (Phi) is 2.53. The van der Waals surface area contributed by atoms with Crippen LogP contribution in [0.4, 0.5) is 0 Å². The van der Waals surface area contributed by atoms with Gasteiger partial charge in [-0.2, -0.15) is 0 Å². The van der Waals surface area contributed by atoms with E-state index in [1.165, 1.54) is 0 Å². The number of nitrogens with zero attached hydrogens (tertiary/aromatic N) is 2. The molecule has 0 aliphatic heterocycles. The van der Waals surface area contributed by atoms with Gasteiger partial charge in [0.15, 0.2) is 11.5 Å². The third-order valence-electron chi connectivity index (χ3n) is 2.57. The van der Waals surface area contributed by atoms with E-state index < -0.39 is 0 Å². The molecule has 0 aliphatic rings. The summed E-state index contributed by atoms with van der Waals surface area (Å²) in [6, 6.07) is 13.1. The van der Waals surface area contributed by atoms with Crippen molar-refractivity contribution in [1.82, 2.24) is 9.97 Å². The van der Waals surface area contributed by atoms with Gasteiger partial charge < -0.3 is 9.84 Å². The normalized spacial score (nSPS) is 10.4. The summed E-state index contributed by atoms with van der Waals surface area (Å²) in [5.74, 6) is 0.418. The van der Waals surface area contributed by atoms with Gasteiger partial charge in [0.05, 0.1) is 0 Å². The molecule has 0 aliphatic carbocycles. The highest BCUT2D eigenvalue weighted by Crippen LogP contribution is 2.33. The van der Waals surface area contributed by atoms with Crippen LogP contribution in [0.3, 0.4) is 0 Å². The smallest absolute Gasteiger partial charge is 0.321 e. The number of ether oxygens (including phenoxy) is 1. The summed E-state index contributed by atoms with van der Waals surface area (Å²) in [7, 11) is 0. The number of benzene rings is 2. The van der Waals surface area contributed by atoms with Gasteiger partial charge in [-0.25, -0.2) is 9.97 Å². The topological polar surface area (TPSA) is 55.2 Å². The zero-order valence-corrected chi connectivity index (χ0v) is 9.45. The van der Waals surface area contributed by atoms with Gasteiger partial charge in [-0.05, 0) is 29.0 Å². The number of hydrogen-bond donors (Lipinski definition) is 1. The summed E-state index contributed by atoms with van der Waals surface area (Å²) in [6.45, 7) is 0. The van der Waals surface area contributed by atoms with E-state index in [2.05, 4.69) is 9.97 Å². The van der Waals surface area contributed by atoms with Crippen LogP contribution in [0.25, 0.3) is 10.8 Å². The maximum Gasteiger partial charge on any atom is 0.321 e. The zero-order chi connectivity index (χ0) is 12.4. The largest absolute Gasteiger partial charge is 0.504 e. The van der Waals surface area contributed by atoms with Crippen LogP contribution in [-0.2, 0) is 0 Å². The minimum absolute atomic E-state index is 0.0705. The van der Waals surface area contributed by atoms with Gasteiger partial charge in [-0.1, -0.05) is 24.3 Å². The van der Waals surface area contributed by atoms with Crippen molar-refractivity contribution in [3.63, 3.8) is 0 Å². The molecule has 0 radical (unpaired) electrons. The first-order valence-electron chi connectivity index (χ1n) is 5.49. The Morgan fingerprint density at radius 2 is 1.56 bits per heavy atom. The molecule has 0 saturated carbocycles. The fourth-order valence-corrected chi connectivity index (χ4v) is 1.73. The van der Waals surface area contributed by atoms with Crippen molar-refractivity contribution in [3.05, 3.63) is 54.9 Å². The summed E-state index contributed by atoms with van der Waals surface area (Å²) in [5.41, 5.74) is 0. The molecule has 4 heteroatoms. The Labute approximate surface area is 104 Å². The Bertz CT molecular complexity index is 684. The maximum atomic E-state index is 9.89. The van der Waals surface area contributed by atoms with Crippen molar-refractivity contribution >= 4 is 10.8 Å². The van der Waals surface area contributed by atoms with Gasteiger partial charge in [0.25, 0.3) is 0 Å². The molecule has 0 amide bonds. The van der Waals surface area contributed by atoms with Gasteiger partial charge in [0.1, 0.15) is 0 Å². The van der Waals surface area contributed by atoms with Crippen molar-refractivity contribution < 1.29 is 9.84 Å². The van der Waals surface area contributed by atoms with E-state index in [9.17, 15) is 5.11 Å². The number of phenolic OH excluding ortho intramolecular Hbond substituents is 1. The first-order chi connectivity index (χ1) is 8.83. The highest BCUT2D eigenvalue weighted by Gasteiger charge is 2.07. The van der Waals surface area contributed by atoms with E-state index in [1.807, 2.05) is 24.3 Å². The predicted octanol–water partition coefficient (Wildman–Crippen LogP) is 3.13.